The number of hydrogen-bond donors (Lipinski definition) is 2. The van der Waals surface area contributed by atoms with E-state index in [1.807, 2.05) is 0 Å². The average molecular weight is 559 g/mol. The van der Waals surface area contributed by atoms with Crippen molar-refractivity contribution in [2.75, 3.05) is 10.6 Å². The summed E-state index contributed by atoms with van der Waals surface area (Å²) in [7, 11) is 1.52. The van der Waals surface area contributed by atoms with Crippen molar-refractivity contribution >= 4 is 23.5 Å². The van der Waals surface area contributed by atoms with Gasteiger partial charge in [-0.25, -0.2) is 29.4 Å². The quantitative estimate of drug-likeness (QED) is 0.259. The van der Waals surface area contributed by atoms with Crippen LogP contribution in [0.2, 0.25) is 0 Å². The summed E-state index contributed by atoms with van der Waals surface area (Å²) < 4.78 is 58.6. The SMILES string of the molecule is Cc1cnc(F)c([C@@H](C)OC(=O)Nc2c(-c3ccc(NC(=O)c4cnc(C(F)(F)F)nc4)c(C)n3)nnn2C)c1. The Hall–Kier alpha value is -5.02. The summed E-state index contributed by atoms with van der Waals surface area (Å²) in [6.45, 7) is 4.80. The number of halogens is 4. The lowest BCUT2D eigenvalue weighted by molar-refractivity contribution is -0.145. The van der Waals surface area contributed by atoms with E-state index < -0.39 is 36.1 Å². The number of nitrogens with one attached hydrogen (secondary N) is 2. The highest BCUT2D eigenvalue weighted by molar-refractivity contribution is 6.04. The van der Waals surface area contributed by atoms with E-state index >= 15 is 0 Å². The molecule has 0 spiro atoms. The number of aryl methyl sites for hydroxylation is 3. The van der Waals surface area contributed by atoms with Gasteiger partial charge in [-0.1, -0.05) is 5.21 Å². The number of rotatable bonds is 6. The molecule has 0 aromatic carbocycles. The number of pyridine rings is 2. The molecule has 0 saturated heterocycles. The number of carbonyl (C=O) groups is 2. The first-order chi connectivity index (χ1) is 18.8. The van der Waals surface area contributed by atoms with Crippen LogP contribution in [-0.2, 0) is 18.0 Å². The van der Waals surface area contributed by atoms with Gasteiger partial charge in [-0.05, 0) is 44.5 Å². The first-order valence-electron chi connectivity index (χ1n) is 11.5. The molecule has 40 heavy (non-hydrogen) atoms. The Kier molecular flexibility index (Phi) is 7.70. The van der Waals surface area contributed by atoms with Crippen LogP contribution in [0.15, 0.2) is 36.8 Å². The van der Waals surface area contributed by atoms with Crippen molar-refractivity contribution in [3.8, 4) is 11.4 Å². The third kappa shape index (κ3) is 6.16. The van der Waals surface area contributed by atoms with Gasteiger partial charge in [0.1, 0.15) is 6.10 Å². The molecule has 0 saturated carbocycles. The molecule has 4 rings (SSSR count). The van der Waals surface area contributed by atoms with Crippen molar-refractivity contribution in [3.05, 3.63) is 70.9 Å². The molecule has 4 aromatic heterocycles. The number of hydrogen-bond acceptors (Lipinski definition) is 9. The van der Waals surface area contributed by atoms with Crippen molar-refractivity contribution in [1.29, 1.82) is 0 Å². The molecule has 208 valence electrons. The Bertz CT molecular complexity index is 1570. The lowest BCUT2D eigenvalue weighted by Gasteiger charge is -2.15. The second kappa shape index (κ2) is 11.0. The summed E-state index contributed by atoms with van der Waals surface area (Å²) in [5, 5.41) is 13.0. The van der Waals surface area contributed by atoms with Gasteiger partial charge in [-0.15, -0.1) is 5.10 Å². The van der Waals surface area contributed by atoms with Crippen molar-refractivity contribution in [3.63, 3.8) is 0 Å². The fraction of sp³-hybridized carbons (Fsp3) is 0.250. The minimum absolute atomic E-state index is 0.108. The van der Waals surface area contributed by atoms with E-state index in [4.69, 9.17) is 4.74 Å². The van der Waals surface area contributed by atoms with Crippen LogP contribution >= 0.6 is 0 Å². The van der Waals surface area contributed by atoms with Gasteiger partial charge in [0.2, 0.25) is 11.8 Å². The van der Waals surface area contributed by atoms with Crippen LogP contribution in [0.25, 0.3) is 11.4 Å². The average Bonchev–Trinajstić information content (AvgIpc) is 3.25. The number of nitrogens with zero attached hydrogens (tertiary/aromatic N) is 7. The smallest absolute Gasteiger partial charge is 0.441 e. The summed E-state index contributed by atoms with van der Waals surface area (Å²) in [6.07, 6.45) is -3.69. The highest BCUT2D eigenvalue weighted by Gasteiger charge is 2.34. The molecule has 0 aliphatic heterocycles. The zero-order chi connectivity index (χ0) is 29.2. The van der Waals surface area contributed by atoms with Gasteiger partial charge in [-0.3, -0.25) is 10.1 Å². The molecular weight excluding hydrogens is 538 g/mol. The molecule has 2 N–H and O–H groups in total. The zero-order valence-electron chi connectivity index (χ0n) is 21.4. The van der Waals surface area contributed by atoms with Gasteiger partial charge in [-0.2, -0.15) is 17.6 Å². The summed E-state index contributed by atoms with van der Waals surface area (Å²) in [6, 6.07) is 4.50. The summed E-state index contributed by atoms with van der Waals surface area (Å²) in [5.74, 6) is -2.74. The van der Waals surface area contributed by atoms with Crippen molar-refractivity contribution < 1.29 is 31.9 Å². The molecule has 0 unspecified atom stereocenters. The maximum absolute atomic E-state index is 14.1. The molecule has 0 fully saturated rings. The first-order valence-corrected chi connectivity index (χ1v) is 11.5. The van der Waals surface area contributed by atoms with E-state index in [2.05, 4.69) is 40.9 Å². The zero-order valence-corrected chi connectivity index (χ0v) is 21.4. The lowest BCUT2D eigenvalue weighted by atomic mass is 10.1. The summed E-state index contributed by atoms with van der Waals surface area (Å²) in [4.78, 5) is 39.4. The van der Waals surface area contributed by atoms with Crippen LogP contribution in [0.5, 0.6) is 0 Å². The van der Waals surface area contributed by atoms with Gasteiger partial charge in [0.25, 0.3) is 5.91 Å². The van der Waals surface area contributed by atoms with E-state index in [1.165, 1.54) is 43.0 Å². The third-order valence-electron chi connectivity index (χ3n) is 5.52. The molecule has 2 amide bonds. The number of anilines is 2. The fourth-order valence-electron chi connectivity index (χ4n) is 3.49. The topological polar surface area (TPSA) is 150 Å². The van der Waals surface area contributed by atoms with Crippen LogP contribution in [-0.4, -0.2) is 46.9 Å². The Labute approximate surface area is 223 Å². The molecule has 1 atom stereocenters. The van der Waals surface area contributed by atoms with E-state index in [0.29, 0.717) is 11.3 Å². The maximum Gasteiger partial charge on any atom is 0.451 e. The highest BCUT2D eigenvalue weighted by atomic mass is 19.4. The predicted molar refractivity (Wildman–Crippen MR) is 131 cm³/mol. The number of ether oxygens (including phenoxy) is 1. The summed E-state index contributed by atoms with van der Waals surface area (Å²) in [5.41, 5.74) is 1.65. The first kappa shape index (κ1) is 28.0. The van der Waals surface area contributed by atoms with Gasteiger partial charge in [0, 0.05) is 31.2 Å². The van der Waals surface area contributed by atoms with Crippen LogP contribution in [0, 0.1) is 19.8 Å². The maximum atomic E-state index is 14.1. The number of carbonyl (C=O) groups excluding carboxylic acids is 2. The molecule has 12 nitrogen and oxygen atoms in total. The fourth-order valence-corrected chi connectivity index (χ4v) is 3.49. The van der Waals surface area contributed by atoms with Crippen LogP contribution < -0.4 is 10.6 Å². The Morgan fingerprint density at radius 3 is 2.40 bits per heavy atom. The van der Waals surface area contributed by atoms with E-state index in [1.54, 1.807) is 13.8 Å². The number of aromatic nitrogens is 7. The monoisotopic (exact) mass is 559 g/mol. The molecular formula is C24H21F4N9O3. The molecule has 0 aliphatic rings. The van der Waals surface area contributed by atoms with Gasteiger partial charge < -0.3 is 10.1 Å². The lowest BCUT2D eigenvalue weighted by Crippen LogP contribution is -2.19. The standard InChI is InChI=1S/C24H21F4N9O3/c1-11-7-15(19(25)29-8-11)13(3)40-23(39)34-20-18(35-36-37(20)4)17-6-5-16(12(2)32-17)33-21(38)14-9-30-22(31-10-14)24(26,27)28/h5-10,13H,1-4H3,(H,33,38)(H,34,39)/t13-/m1/s1. The number of amides is 2. The van der Waals surface area contributed by atoms with E-state index in [9.17, 15) is 27.2 Å². The van der Waals surface area contributed by atoms with Crippen LogP contribution in [0.4, 0.5) is 33.9 Å². The van der Waals surface area contributed by atoms with Crippen molar-refractivity contribution in [2.24, 2.45) is 7.05 Å². The molecule has 0 radical (unpaired) electrons. The van der Waals surface area contributed by atoms with Gasteiger partial charge >= 0.3 is 12.3 Å². The second-order valence-corrected chi connectivity index (χ2v) is 8.55. The predicted octanol–water partition coefficient (Wildman–Crippen LogP) is 4.40. The molecule has 4 aromatic rings. The van der Waals surface area contributed by atoms with Gasteiger partial charge in [0.15, 0.2) is 11.5 Å². The Morgan fingerprint density at radius 1 is 1.05 bits per heavy atom. The van der Waals surface area contributed by atoms with Gasteiger partial charge in [0.05, 0.1) is 22.6 Å². The number of alkyl halides is 3. The molecule has 0 bridgehead atoms. The molecule has 16 heteroatoms. The molecule has 4 heterocycles. The normalized spacial score (nSPS) is 12.1. The molecule has 0 aliphatic carbocycles. The minimum Gasteiger partial charge on any atom is -0.441 e. The van der Waals surface area contributed by atoms with Crippen LogP contribution in [0.1, 0.15) is 46.0 Å². The van der Waals surface area contributed by atoms with Crippen molar-refractivity contribution in [2.45, 2.75) is 33.1 Å². The Balaban J connectivity index is 1.48. The van der Waals surface area contributed by atoms with E-state index in [-0.39, 0.29) is 34.0 Å². The highest BCUT2D eigenvalue weighted by Crippen LogP contribution is 2.28. The van der Waals surface area contributed by atoms with E-state index in [0.717, 1.165) is 12.4 Å². The summed E-state index contributed by atoms with van der Waals surface area (Å²) >= 11 is 0. The second-order valence-electron chi connectivity index (χ2n) is 8.55. The third-order valence-corrected chi connectivity index (χ3v) is 5.52. The van der Waals surface area contributed by atoms with Crippen LogP contribution in [0.3, 0.4) is 0 Å². The van der Waals surface area contributed by atoms with Crippen molar-refractivity contribution in [1.82, 2.24) is 34.9 Å². The Morgan fingerprint density at radius 2 is 1.75 bits per heavy atom. The largest absolute Gasteiger partial charge is 0.451 e. The minimum atomic E-state index is -4.73.